The lowest BCUT2D eigenvalue weighted by molar-refractivity contribution is -0.128. The first-order chi connectivity index (χ1) is 10.9. The molecule has 0 aliphatic carbocycles. The monoisotopic (exact) mass is 324 g/mol. The number of nitrogens with two attached hydrogens (primary N) is 1. The largest absolute Gasteiger partial charge is 0.370 e. The molecule has 0 unspecified atom stereocenters. The second-order valence-electron chi connectivity index (χ2n) is 4.88. The number of morpholine rings is 1. The van der Waals surface area contributed by atoms with Crippen molar-refractivity contribution >= 4 is 29.1 Å². The van der Waals surface area contributed by atoms with Gasteiger partial charge in [-0.05, 0) is 25.2 Å². The fraction of sp³-hybridized carbons (Fsp3) is 0.357. The summed E-state index contributed by atoms with van der Waals surface area (Å²) in [6.07, 6.45) is 0. The van der Waals surface area contributed by atoms with Crippen molar-refractivity contribution in [2.45, 2.75) is 6.04 Å². The Morgan fingerprint density at radius 2 is 2.17 bits per heavy atom. The maximum Gasteiger partial charge on any atom is 0.253 e. The zero-order valence-corrected chi connectivity index (χ0v) is 12.5. The molecule has 0 aromatic heterocycles. The van der Waals surface area contributed by atoms with E-state index < -0.39 is 23.7 Å². The molecular formula is C14H17FN4O4. The Balaban J connectivity index is 2.14. The summed E-state index contributed by atoms with van der Waals surface area (Å²) in [4.78, 5) is 36.1. The number of carbonyl (C=O) groups excluding carboxylic acids is 3. The van der Waals surface area contributed by atoms with Gasteiger partial charge in [-0.15, -0.1) is 0 Å². The van der Waals surface area contributed by atoms with Gasteiger partial charge in [0.15, 0.2) is 6.04 Å². The summed E-state index contributed by atoms with van der Waals surface area (Å²) in [7, 11) is 1.39. The molecule has 8 nitrogen and oxygen atoms in total. The maximum atomic E-state index is 14.1. The molecule has 9 heteroatoms. The second-order valence-corrected chi connectivity index (χ2v) is 4.88. The van der Waals surface area contributed by atoms with Gasteiger partial charge >= 0.3 is 0 Å². The van der Waals surface area contributed by atoms with Gasteiger partial charge in [-0.1, -0.05) is 0 Å². The molecule has 3 amide bonds. The summed E-state index contributed by atoms with van der Waals surface area (Å²) in [5.41, 5.74) is 5.32. The van der Waals surface area contributed by atoms with Crippen molar-refractivity contribution in [2.24, 2.45) is 5.73 Å². The van der Waals surface area contributed by atoms with Gasteiger partial charge in [0.05, 0.1) is 12.3 Å². The third-order valence-corrected chi connectivity index (χ3v) is 3.34. The zero-order chi connectivity index (χ0) is 17.0. The first-order valence-electron chi connectivity index (χ1n) is 6.89. The van der Waals surface area contributed by atoms with Crippen molar-refractivity contribution < 1.29 is 23.5 Å². The zero-order valence-electron chi connectivity index (χ0n) is 12.5. The summed E-state index contributed by atoms with van der Waals surface area (Å²) in [5.74, 6) is -2.64. The number of primary amides is 1. The highest BCUT2D eigenvalue weighted by Crippen LogP contribution is 2.23. The molecular weight excluding hydrogens is 307 g/mol. The molecule has 1 aromatic carbocycles. The van der Waals surface area contributed by atoms with Crippen LogP contribution < -0.4 is 21.3 Å². The number of anilines is 2. The van der Waals surface area contributed by atoms with E-state index in [1.807, 2.05) is 0 Å². The van der Waals surface area contributed by atoms with Crippen molar-refractivity contribution in [1.82, 2.24) is 5.32 Å². The number of nitrogens with zero attached hydrogens (tertiary/aromatic N) is 1. The molecule has 0 bridgehead atoms. The van der Waals surface area contributed by atoms with Crippen molar-refractivity contribution in [3.8, 4) is 0 Å². The van der Waals surface area contributed by atoms with E-state index in [0.717, 1.165) is 6.07 Å². The molecule has 1 fully saturated rings. The fourth-order valence-corrected chi connectivity index (χ4v) is 2.17. The number of nitrogens with one attached hydrogen (secondary N) is 2. The maximum absolute atomic E-state index is 14.1. The van der Waals surface area contributed by atoms with Gasteiger partial charge in [-0.25, -0.2) is 4.39 Å². The Hall–Kier alpha value is -2.52. The van der Waals surface area contributed by atoms with Gasteiger partial charge in [-0.3, -0.25) is 14.4 Å². The number of halogens is 1. The minimum Gasteiger partial charge on any atom is -0.370 e. The molecule has 0 saturated carbocycles. The highest BCUT2D eigenvalue weighted by molar-refractivity contribution is 6.09. The van der Waals surface area contributed by atoms with Crippen LogP contribution in [-0.2, 0) is 19.1 Å². The number of likely N-dealkylation sites (N-methyl/N-ethyl adjacent to an activating group) is 1. The van der Waals surface area contributed by atoms with Gasteiger partial charge < -0.3 is 26.0 Å². The highest BCUT2D eigenvalue weighted by Gasteiger charge is 2.24. The molecule has 1 saturated heterocycles. The average molecular weight is 324 g/mol. The van der Waals surface area contributed by atoms with Crippen LogP contribution in [-0.4, -0.2) is 50.6 Å². The van der Waals surface area contributed by atoms with Crippen molar-refractivity contribution in [1.29, 1.82) is 0 Å². The van der Waals surface area contributed by atoms with Crippen LogP contribution in [0, 0.1) is 5.82 Å². The lowest BCUT2D eigenvalue weighted by Crippen LogP contribution is -2.48. The minimum absolute atomic E-state index is 0.0530. The van der Waals surface area contributed by atoms with E-state index in [9.17, 15) is 18.8 Å². The van der Waals surface area contributed by atoms with E-state index in [1.54, 1.807) is 0 Å². The standard InChI is InChI=1S/C14H17FN4O4/c1-17-12(13(16)21)14(22)18-10-3-2-8(6-9(10)15)19-4-5-23-7-11(19)20/h2-3,6,12,17H,4-5,7H2,1H3,(H2,16,21)(H,18,22)/t12-/m0/s1. The molecule has 2 rings (SSSR count). The highest BCUT2D eigenvalue weighted by atomic mass is 19.1. The van der Waals surface area contributed by atoms with Gasteiger partial charge in [0.2, 0.25) is 5.91 Å². The fourth-order valence-electron chi connectivity index (χ4n) is 2.17. The average Bonchev–Trinajstić information content (AvgIpc) is 2.50. The molecule has 0 radical (unpaired) electrons. The van der Waals surface area contributed by atoms with Crippen molar-refractivity contribution in [3.05, 3.63) is 24.0 Å². The van der Waals surface area contributed by atoms with Crippen LogP contribution in [0.25, 0.3) is 0 Å². The van der Waals surface area contributed by atoms with E-state index in [2.05, 4.69) is 10.6 Å². The first-order valence-corrected chi connectivity index (χ1v) is 6.89. The Morgan fingerprint density at radius 3 is 2.74 bits per heavy atom. The third-order valence-electron chi connectivity index (χ3n) is 3.34. The van der Waals surface area contributed by atoms with Crippen molar-refractivity contribution in [3.63, 3.8) is 0 Å². The minimum atomic E-state index is -1.27. The van der Waals surface area contributed by atoms with Crippen LogP contribution in [0.2, 0.25) is 0 Å². The lowest BCUT2D eigenvalue weighted by atomic mass is 10.2. The predicted octanol–water partition coefficient (Wildman–Crippen LogP) is -0.799. The molecule has 1 heterocycles. The normalized spacial score (nSPS) is 16.1. The van der Waals surface area contributed by atoms with Gasteiger partial charge in [0.25, 0.3) is 11.8 Å². The second kappa shape index (κ2) is 7.16. The SMILES string of the molecule is CN[C@@H](C(N)=O)C(=O)Nc1ccc(N2CCOCC2=O)cc1F. The Morgan fingerprint density at radius 1 is 1.43 bits per heavy atom. The number of carbonyl (C=O) groups is 3. The Labute approximate surface area is 131 Å². The molecule has 4 N–H and O–H groups in total. The van der Waals surface area contributed by atoms with Crippen LogP contribution >= 0.6 is 0 Å². The smallest absolute Gasteiger partial charge is 0.253 e. The van der Waals surface area contributed by atoms with Crippen LogP contribution in [0.3, 0.4) is 0 Å². The Kier molecular flexibility index (Phi) is 5.24. The molecule has 23 heavy (non-hydrogen) atoms. The number of hydrogen-bond donors (Lipinski definition) is 3. The summed E-state index contributed by atoms with van der Waals surface area (Å²) in [6, 6.07) is 2.69. The molecule has 1 atom stereocenters. The summed E-state index contributed by atoms with van der Waals surface area (Å²) >= 11 is 0. The van der Waals surface area contributed by atoms with Crippen LogP contribution in [0.5, 0.6) is 0 Å². The topological polar surface area (TPSA) is 114 Å². The molecule has 1 aliphatic rings. The number of rotatable bonds is 5. The number of hydrogen-bond acceptors (Lipinski definition) is 5. The van der Waals surface area contributed by atoms with Crippen LogP contribution in [0.15, 0.2) is 18.2 Å². The van der Waals surface area contributed by atoms with E-state index in [0.29, 0.717) is 18.8 Å². The van der Waals surface area contributed by atoms with E-state index in [-0.39, 0.29) is 18.2 Å². The molecule has 124 valence electrons. The lowest BCUT2D eigenvalue weighted by Gasteiger charge is -2.27. The summed E-state index contributed by atoms with van der Waals surface area (Å²) in [6.45, 7) is 0.643. The van der Waals surface area contributed by atoms with Crippen LogP contribution in [0.1, 0.15) is 0 Å². The molecule has 1 aromatic rings. The quantitative estimate of drug-likeness (QED) is 0.614. The van der Waals surface area contributed by atoms with Crippen LogP contribution in [0.4, 0.5) is 15.8 Å². The van der Waals surface area contributed by atoms with E-state index >= 15 is 0 Å². The number of ether oxygens (including phenoxy) is 1. The Bertz CT molecular complexity index is 637. The third kappa shape index (κ3) is 3.82. The molecule has 0 spiro atoms. The molecule has 1 aliphatic heterocycles. The summed E-state index contributed by atoms with van der Waals surface area (Å²) in [5, 5.41) is 4.71. The van der Waals surface area contributed by atoms with Crippen molar-refractivity contribution in [2.75, 3.05) is 37.0 Å². The predicted molar refractivity (Wildman–Crippen MR) is 80.2 cm³/mol. The number of amides is 3. The summed E-state index contributed by atoms with van der Waals surface area (Å²) < 4.78 is 19.1. The van der Waals surface area contributed by atoms with Gasteiger partial charge in [-0.2, -0.15) is 0 Å². The number of benzene rings is 1. The van der Waals surface area contributed by atoms with Gasteiger partial charge in [0.1, 0.15) is 12.4 Å². The van der Waals surface area contributed by atoms with E-state index in [4.69, 9.17) is 10.5 Å². The van der Waals surface area contributed by atoms with Gasteiger partial charge in [0, 0.05) is 12.2 Å². The first kappa shape index (κ1) is 16.8. The van der Waals surface area contributed by atoms with E-state index in [1.165, 1.54) is 24.1 Å².